The van der Waals surface area contributed by atoms with Crippen LogP contribution in [0.1, 0.15) is 48.1 Å². The van der Waals surface area contributed by atoms with Crippen LogP contribution in [0.25, 0.3) is 11.0 Å². The van der Waals surface area contributed by atoms with Crippen molar-refractivity contribution in [3.63, 3.8) is 0 Å². The fourth-order valence-electron chi connectivity index (χ4n) is 3.10. The summed E-state index contributed by atoms with van der Waals surface area (Å²) in [5.74, 6) is 0.411. The van der Waals surface area contributed by atoms with Gasteiger partial charge in [-0.05, 0) is 18.6 Å². The van der Waals surface area contributed by atoms with Crippen LogP contribution in [0.5, 0.6) is 0 Å². The lowest BCUT2D eigenvalue weighted by Crippen LogP contribution is -2.38. The number of aromatic nitrogens is 4. The smallest absolute Gasteiger partial charge is 0.332 e. The zero-order chi connectivity index (χ0) is 24.5. The Morgan fingerprint density at radius 3 is 2.45 bits per heavy atom. The number of thiophene rings is 1. The monoisotopic (exact) mass is 489 g/mol. The molecule has 0 saturated heterocycles. The summed E-state index contributed by atoms with van der Waals surface area (Å²) in [4.78, 5) is 59.9. The zero-order valence-electron chi connectivity index (χ0n) is 19.5. The van der Waals surface area contributed by atoms with Crippen LogP contribution in [0.3, 0.4) is 0 Å². The van der Waals surface area contributed by atoms with Crippen LogP contribution in [-0.2, 0) is 30.7 Å². The Kier molecular flexibility index (Phi) is 7.23. The fraction of sp³-hybridized carbons (Fsp3) is 0.455. The molecule has 0 atom stereocenters. The number of hydrogen-bond acceptors (Lipinski definition) is 8. The van der Waals surface area contributed by atoms with Gasteiger partial charge in [-0.25, -0.2) is 14.8 Å². The molecule has 3 heterocycles. The molecule has 11 heteroatoms. The van der Waals surface area contributed by atoms with Crippen LogP contribution >= 0.6 is 23.1 Å². The van der Waals surface area contributed by atoms with E-state index in [9.17, 15) is 19.2 Å². The van der Waals surface area contributed by atoms with E-state index in [1.54, 1.807) is 13.1 Å². The number of fused-ring (bicyclic) bond motifs is 1. The molecular weight excluding hydrogens is 462 g/mol. The normalized spacial score (nSPS) is 11.7. The van der Waals surface area contributed by atoms with Gasteiger partial charge in [0.15, 0.2) is 11.4 Å². The summed E-state index contributed by atoms with van der Waals surface area (Å²) in [5, 5.41) is 3.36. The second-order valence-corrected chi connectivity index (χ2v) is 10.8. The molecule has 3 aromatic rings. The molecule has 0 saturated carbocycles. The molecule has 176 valence electrons. The summed E-state index contributed by atoms with van der Waals surface area (Å²) in [6.07, 6.45) is 0.653. The molecule has 0 aliphatic carbocycles. The highest BCUT2D eigenvalue weighted by Gasteiger charge is 2.24. The van der Waals surface area contributed by atoms with Crippen molar-refractivity contribution in [2.45, 2.75) is 44.6 Å². The van der Waals surface area contributed by atoms with Gasteiger partial charge in [0.05, 0.1) is 10.6 Å². The van der Waals surface area contributed by atoms with Crippen LogP contribution in [0.2, 0.25) is 0 Å². The van der Waals surface area contributed by atoms with Crippen LogP contribution < -0.4 is 16.6 Å². The number of nitrogens with one attached hydrogen (secondary N) is 1. The molecule has 0 fully saturated rings. The van der Waals surface area contributed by atoms with Crippen molar-refractivity contribution in [1.82, 2.24) is 24.4 Å². The van der Waals surface area contributed by atoms with Crippen molar-refractivity contribution in [2.75, 3.05) is 12.3 Å². The maximum absolute atomic E-state index is 12.9. The topological polar surface area (TPSA) is 116 Å². The van der Waals surface area contributed by atoms with E-state index in [0.717, 1.165) is 9.44 Å². The quantitative estimate of drug-likeness (QED) is 0.307. The summed E-state index contributed by atoms with van der Waals surface area (Å²) < 4.78 is 2.36. The minimum Gasteiger partial charge on any atom is -0.356 e. The van der Waals surface area contributed by atoms with Crippen molar-refractivity contribution in [2.24, 2.45) is 14.1 Å². The summed E-state index contributed by atoms with van der Waals surface area (Å²) in [6, 6.07) is 3.66. The maximum Gasteiger partial charge on any atom is 0.332 e. The standard InChI is InChI=1S/C22H27N5O4S2/c1-12(28)23-10-9-13-7-8-15(33-13)14(29)11-32-18-16-17(24-20(25-18)22(2,3)4)26(5)21(31)27(6)19(16)30/h7-8H,9-11H2,1-6H3,(H,23,28). The first-order valence-electron chi connectivity index (χ1n) is 10.4. The Balaban J connectivity index is 1.92. The fourth-order valence-corrected chi connectivity index (χ4v) is 5.03. The molecule has 3 aromatic heterocycles. The lowest BCUT2D eigenvalue weighted by molar-refractivity contribution is -0.118. The summed E-state index contributed by atoms with van der Waals surface area (Å²) in [5.41, 5.74) is -1.11. The van der Waals surface area contributed by atoms with E-state index in [2.05, 4.69) is 15.3 Å². The SMILES string of the molecule is CC(=O)NCCc1ccc(C(=O)CSc2nc(C(C)(C)C)nc3c2c(=O)n(C)c(=O)n3C)s1. The van der Waals surface area contributed by atoms with E-state index in [0.29, 0.717) is 28.7 Å². The molecule has 3 rings (SSSR count). The lowest BCUT2D eigenvalue weighted by Gasteiger charge is -2.19. The molecule has 0 aliphatic heterocycles. The first-order valence-corrected chi connectivity index (χ1v) is 12.2. The van der Waals surface area contributed by atoms with Gasteiger partial charge < -0.3 is 5.32 Å². The highest BCUT2D eigenvalue weighted by Crippen LogP contribution is 2.28. The third-order valence-electron chi connectivity index (χ3n) is 4.96. The van der Waals surface area contributed by atoms with Crippen molar-refractivity contribution in [3.8, 4) is 0 Å². The van der Waals surface area contributed by atoms with Gasteiger partial charge in [0.2, 0.25) is 5.91 Å². The van der Waals surface area contributed by atoms with E-state index < -0.39 is 16.7 Å². The Morgan fingerprint density at radius 2 is 1.82 bits per heavy atom. The first-order chi connectivity index (χ1) is 15.4. The number of ketones is 1. The van der Waals surface area contributed by atoms with Crippen LogP contribution in [0, 0.1) is 0 Å². The van der Waals surface area contributed by atoms with E-state index in [4.69, 9.17) is 0 Å². The molecule has 0 unspecified atom stereocenters. The first kappa shape index (κ1) is 24.8. The van der Waals surface area contributed by atoms with E-state index in [1.165, 1.54) is 41.6 Å². The zero-order valence-corrected chi connectivity index (χ0v) is 21.1. The van der Waals surface area contributed by atoms with Gasteiger partial charge in [-0.15, -0.1) is 11.3 Å². The van der Waals surface area contributed by atoms with Crippen molar-refractivity contribution < 1.29 is 9.59 Å². The lowest BCUT2D eigenvalue weighted by atomic mass is 9.96. The third-order valence-corrected chi connectivity index (χ3v) is 7.12. The van der Waals surface area contributed by atoms with Gasteiger partial charge in [0.1, 0.15) is 16.2 Å². The van der Waals surface area contributed by atoms with E-state index >= 15 is 0 Å². The molecule has 0 aromatic carbocycles. The van der Waals surface area contributed by atoms with Gasteiger partial charge >= 0.3 is 5.69 Å². The maximum atomic E-state index is 12.9. The predicted molar refractivity (Wildman–Crippen MR) is 130 cm³/mol. The molecule has 1 N–H and O–H groups in total. The van der Waals surface area contributed by atoms with Gasteiger partial charge in [0.25, 0.3) is 5.56 Å². The molecular formula is C22H27N5O4S2. The van der Waals surface area contributed by atoms with E-state index in [1.807, 2.05) is 26.8 Å². The third kappa shape index (κ3) is 5.41. The summed E-state index contributed by atoms with van der Waals surface area (Å²) in [6.45, 7) is 7.82. The summed E-state index contributed by atoms with van der Waals surface area (Å²) in [7, 11) is 2.98. The second-order valence-electron chi connectivity index (χ2n) is 8.72. The number of rotatable bonds is 7. The van der Waals surface area contributed by atoms with Gasteiger partial charge in [-0.1, -0.05) is 32.5 Å². The largest absolute Gasteiger partial charge is 0.356 e. The minimum atomic E-state index is -0.486. The van der Waals surface area contributed by atoms with Crippen LogP contribution in [0.15, 0.2) is 26.7 Å². The number of nitrogens with zero attached hydrogens (tertiary/aromatic N) is 4. The molecule has 1 amide bonds. The number of hydrogen-bond donors (Lipinski definition) is 1. The molecule has 9 nitrogen and oxygen atoms in total. The van der Waals surface area contributed by atoms with Gasteiger partial charge in [-0.3, -0.25) is 23.5 Å². The molecule has 33 heavy (non-hydrogen) atoms. The number of Topliss-reactive ketones (excluding diaryl/α,β-unsaturated/α-hetero) is 1. The van der Waals surface area contributed by atoms with Gasteiger partial charge in [0, 0.05) is 37.9 Å². The molecule has 0 bridgehead atoms. The molecule has 0 spiro atoms. The highest BCUT2D eigenvalue weighted by atomic mass is 32.2. The van der Waals surface area contributed by atoms with Crippen molar-refractivity contribution in [1.29, 1.82) is 0 Å². The average molecular weight is 490 g/mol. The minimum absolute atomic E-state index is 0.0820. The predicted octanol–water partition coefficient (Wildman–Crippen LogP) is 2.04. The Bertz CT molecular complexity index is 1350. The number of thioether (sulfide) groups is 1. The second kappa shape index (κ2) is 9.60. The number of aryl methyl sites for hydroxylation is 1. The van der Waals surface area contributed by atoms with Crippen molar-refractivity contribution >= 4 is 45.8 Å². The Labute approximate surface area is 199 Å². The highest BCUT2D eigenvalue weighted by molar-refractivity contribution is 8.00. The number of amides is 1. The van der Waals surface area contributed by atoms with Crippen LogP contribution in [-0.4, -0.2) is 43.1 Å². The van der Waals surface area contributed by atoms with Crippen molar-refractivity contribution in [3.05, 3.63) is 48.5 Å². The number of carbonyl (C=O) groups is 2. The van der Waals surface area contributed by atoms with Gasteiger partial charge in [-0.2, -0.15) is 0 Å². The Hall–Kier alpha value is -2.79. The summed E-state index contributed by atoms with van der Waals surface area (Å²) >= 11 is 2.56. The Morgan fingerprint density at radius 1 is 1.12 bits per heavy atom. The number of carbonyl (C=O) groups excluding carboxylic acids is 2. The average Bonchev–Trinajstić information content (AvgIpc) is 3.22. The molecule has 0 aliphatic rings. The van der Waals surface area contributed by atoms with E-state index in [-0.39, 0.29) is 28.5 Å². The van der Waals surface area contributed by atoms with Crippen LogP contribution in [0.4, 0.5) is 0 Å². The molecule has 0 radical (unpaired) electrons.